The van der Waals surface area contributed by atoms with Crippen molar-refractivity contribution in [1.82, 2.24) is 4.90 Å². The maximum atomic E-state index is 12.2. The highest BCUT2D eigenvalue weighted by Crippen LogP contribution is 2.19. The molecule has 0 aliphatic heterocycles. The number of carboxylic acids is 2. The Morgan fingerprint density at radius 3 is 2.06 bits per heavy atom. The molecule has 1 amide bonds. The average Bonchev–Trinajstić information content (AvgIpc) is 2.20. The van der Waals surface area contributed by atoms with Gasteiger partial charge in [0.15, 0.2) is 0 Å². The lowest BCUT2D eigenvalue weighted by atomic mass is 10.1. The van der Waals surface area contributed by atoms with Crippen LogP contribution in [0, 0.1) is 5.92 Å². The molecule has 6 nitrogen and oxygen atoms in total. The van der Waals surface area contributed by atoms with Gasteiger partial charge in [0.25, 0.3) is 0 Å². The summed E-state index contributed by atoms with van der Waals surface area (Å²) in [7, 11) is 0. The topological polar surface area (TPSA) is 94.9 Å². The standard InChI is InChI=1S/C9H12F3NO5/c1-5(7(16)17)4-13(3-2-6(14)15)8(18)9(10,11)12/h5H,2-4H2,1H3,(H,14,15)(H,16,17). The summed E-state index contributed by atoms with van der Waals surface area (Å²) in [6, 6.07) is 0. The number of hydrogen-bond donors (Lipinski definition) is 2. The Labute approximate surface area is 100.0 Å². The van der Waals surface area contributed by atoms with Crippen molar-refractivity contribution < 1.29 is 37.8 Å². The van der Waals surface area contributed by atoms with Crippen LogP contribution in [-0.4, -0.2) is 52.2 Å². The van der Waals surface area contributed by atoms with Crippen LogP contribution in [0.2, 0.25) is 0 Å². The summed E-state index contributed by atoms with van der Waals surface area (Å²) >= 11 is 0. The van der Waals surface area contributed by atoms with Gasteiger partial charge in [-0.2, -0.15) is 13.2 Å². The van der Waals surface area contributed by atoms with E-state index in [0.29, 0.717) is 0 Å². The van der Waals surface area contributed by atoms with Crippen molar-refractivity contribution in [2.75, 3.05) is 13.1 Å². The zero-order chi connectivity index (χ0) is 14.5. The summed E-state index contributed by atoms with van der Waals surface area (Å²) in [6.45, 7) is -0.258. The average molecular weight is 271 g/mol. The van der Waals surface area contributed by atoms with Gasteiger partial charge >= 0.3 is 24.0 Å². The first-order valence-electron chi connectivity index (χ1n) is 4.86. The Morgan fingerprint density at radius 2 is 1.72 bits per heavy atom. The number of nitrogens with zero attached hydrogens (tertiary/aromatic N) is 1. The molecule has 0 aromatic carbocycles. The van der Waals surface area contributed by atoms with Gasteiger partial charge in [-0.25, -0.2) is 0 Å². The maximum Gasteiger partial charge on any atom is 0.471 e. The predicted molar refractivity (Wildman–Crippen MR) is 51.7 cm³/mol. The molecule has 1 unspecified atom stereocenters. The molecule has 0 saturated heterocycles. The summed E-state index contributed by atoms with van der Waals surface area (Å²) in [5.74, 6) is -6.20. The first kappa shape index (κ1) is 16.2. The van der Waals surface area contributed by atoms with Crippen LogP contribution in [0.5, 0.6) is 0 Å². The third kappa shape index (κ3) is 5.51. The number of carboxylic acid groups (broad SMARTS) is 2. The highest BCUT2D eigenvalue weighted by atomic mass is 19.4. The molecule has 0 aromatic rings. The van der Waals surface area contributed by atoms with Crippen molar-refractivity contribution in [2.45, 2.75) is 19.5 Å². The summed E-state index contributed by atoms with van der Waals surface area (Å²) in [5.41, 5.74) is 0. The Morgan fingerprint density at radius 1 is 1.22 bits per heavy atom. The number of rotatable bonds is 6. The zero-order valence-electron chi connectivity index (χ0n) is 9.40. The molecule has 0 rings (SSSR count). The molecule has 0 aliphatic carbocycles. The van der Waals surface area contributed by atoms with Crippen molar-refractivity contribution in [1.29, 1.82) is 0 Å². The van der Waals surface area contributed by atoms with E-state index in [-0.39, 0.29) is 4.90 Å². The van der Waals surface area contributed by atoms with Crippen LogP contribution in [-0.2, 0) is 14.4 Å². The van der Waals surface area contributed by atoms with Crippen LogP contribution < -0.4 is 0 Å². The molecule has 0 heterocycles. The van der Waals surface area contributed by atoms with Gasteiger partial charge in [0, 0.05) is 13.1 Å². The lowest BCUT2D eigenvalue weighted by molar-refractivity contribution is -0.186. The Bertz CT molecular complexity index is 342. The molecular weight excluding hydrogens is 259 g/mol. The van der Waals surface area contributed by atoms with Crippen LogP contribution in [0.3, 0.4) is 0 Å². The van der Waals surface area contributed by atoms with Crippen LogP contribution in [0.4, 0.5) is 13.2 Å². The predicted octanol–water partition coefficient (Wildman–Crippen LogP) is 0.573. The lowest BCUT2D eigenvalue weighted by Crippen LogP contribution is -2.45. The van der Waals surface area contributed by atoms with Crippen molar-refractivity contribution in [3.8, 4) is 0 Å². The van der Waals surface area contributed by atoms with E-state index in [1.54, 1.807) is 0 Å². The van der Waals surface area contributed by atoms with E-state index in [1.807, 2.05) is 0 Å². The molecule has 18 heavy (non-hydrogen) atoms. The Hall–Kier alpha value is -1.80. The summed E-state index contributed by atoms with van der Waals surface area (Å²) in [5, 5.41) is 16.9. The van der Waals surface area contributed by atoms with Crippen LogP contribution in [0.25, 0.3) is 0 Å². The number of aliphatic carboxylic acids is 2. The van der Waals surface area contributed by atoms with Gasteiger partial charge in [-0.1, -0.05) is 6.92 Å². The SMILES string of the molecule is CC(CN(CCC(=O)O)C(=O)C(F)(F)F)C(=O)O. The number of carbonyl (C=O) groups excluding carboxylic acids is 1. The molecule has 1 atom stereocenters. The van der Waals surface area contributed by atoms with Gasteiger partial charge in [-0.3, -0.25) is 14.4 Å². The van der Waals surface area contributed by atoms with E-state index in [1.165, 1.54) is 0 Å². The summed E-state index contributed by atoms with van der Waals surface area (Å²) in [4.78, 5) is 31.9. The highest BCUT2D eigenvalue weighted by Gasteiger charge is 2.43. The minimum atomic E-state index is -5.16. The number of halogens is 3. The van der Waals surface area contributed by atoms with Gasteiger partial charge in [0.05, 0.1) is 12.3 Å². The van der Waals surface area contributed by atoms with Crippen molar-refractivity contribution >= 4 is 17.8 Å². The fourth-order valence-electron chi connectivity index (χ4n) is 1.09. The van der Waals surface area contributed by atoms with E-state index in [4.69, 9.17) is 10.2 Å². The van der Waals surface area contributed by atoms with Crippen molar-refractivity contribution in [3.05, 3.63) is 0 Å². The van der Waals surface area contributed by atoms with Crippen molar-refractivity contribution in [3.63, 3.8) is 0 Å². The first-order chi connectivity index (χ1) is 8.05. The second-order valence-electron chi connectivity index (χ2n) is 3.63. The molecule has 0 saturated carbocycles. The van der Waals surface area contributed by atoms with Crippen LogP contribution >= 0.6 is 0 Å². The molecule has 104 valence electrons. The molecular formula is C9H12F3NO5. The monoisotopic (exact) mass is 271 g/mol. The van der Waals surface area contributed by atoms with Gasteiger partial charge in [0.2, 0.25) is 0 Å². The Balaban J connectivity index is 4.77. The fourth-order valence-corrected chi connectivity index (χ4v) is 1.09. The molecule has 0 bridgehead atoms. The Kier molecular flexibility index (Phi) is 5.60. The fraction of sp³-hybridized carbons (Fsp3) is 0.667. The maximum absolute atomic E-state index is 12.2. The minimum Gasteiger partial charge on any atom is -0.481 e. The number of alkyl halides is 3. The van der Waals surface area contributed by atoms with Gasteiger partial charge in [0.1, 0.15) is 0 Å². The molecule has 0 radical (unpaired) electrons. The second-order valence-corrected chi connectivity index (χ2v) is 3.63. The molecule has 0 spiro atoms. The van der Waals surface area contributed by atoms with E-state index >= 15 is 0 Å². The minimum absolute atomic E-state index is 0.187. The molecule has 0 aromatic heterocycles. The van der Waals surface area contributed by atoms with Gasteiger partial charge in [-0.05, 0) is 0 Å². The molecule has 2 N–H and O–H groups in total. The van der Waals surface area contributed by atoms with E-state index in [0.717, 1.165) is 6.92 Å². The molecule has 0 fully saturated rings. The van der Waals surface area contributed by atoms with E-state index in [9.17, 15) is 27.6 Å². The highest BCUT2D eigenvalue weighted by molar-refractivity contribution is 5.83. The van der Waals surface area contributed by atoms with Gasteiger partial charge in [-0.15, -0.1) is 0 Å². The first-order valence-corrected chi connectivity index (χ1v) is 4.86. The smallest absolute Gasteiger partial charge is 0.471 e. The summed E-state index contributed by atoms with van der Waals surface area (Å²) in [6.07, 6.45) is -5.84. The van der Waals surface area contributed by atoms with E-state index < -0.39 is 49.5 Å². The normalized spacial score (nSPS) is 12.9. The number of carbonyl (C=O) groups is 3. The lowest BCUT2D eigenvalue weighted by Gasteiger charge is -2.24. The number of hydrogen-bond acceptors (Lipinski definition) is 3. The second kappa shape index (κ2) is 6.22. The quantitative estimate of drug-likeness (QED) is 0.736. The van der Waals surface area contributed by atoms with Crippen molar-refractivity contribution in [2.24, 2.45) is 5.92 Å². The number of amides is 1. The van der Waals surface area contributed by atoms with Crippen LogP contribution in [0.1, 0.15) is 13.3 Å². The molecule has 9 heteroatoms. The molecule has 0 aliphatic rings. The third-order valence-electron chi connectivity index (χ3n) is 2.04. The summed E-state index contributed by atoms with van der Waals surface area (Å²) < 4.78 is 36.6. The van der Waals surface area contributed by atoms with E-state index in [2.05, 4.69) is 0 Å². The van der Waals surface area contributed by atoms with Gasteiger partial charge < -0.3 is 15.1 Å². The zero-order valence-corrected chi connectivity index (χ0v) is 9.40. The third-order valence-corrected chi connectivity index (χ3v) is 2.04. The largest absolute Gasteiger partial charge is 0.481 e. The van der Waals surface area contributed by atoms with Crippen LogP contribution in [0.15, 0.2) is 0 Å².